The molecule has 1 saturated carbocycles. The third kappa shape index (κ3) is 2.39. The molecule has 0 aromatic heterocycles. The van der Waals surface area contributed by atoms with Gasteiger partial charge in [0.2, 0.25) is 0 Å². The number of primary amides is 1. The molecule has 0 bridgehead atoms. The van der Waals surface area contributed by atoms with E-state index >= 15 is 0 Å². The molecule has 2 fully saturated rings. The van der Waals surface area contributed by atoms with Crippen LogP contribution < -0.4 is 16.1 Å². The molecule has 22 heavy (non-hydrogen) atoms. The van der Waals surface area contributed by atoms with E-state index in [1.54, 1.807) is 30.3 Å². The van der Waals surface area contributed by atoms with E-state index in [9.17, 15) is 14.4 Å². The number of para-hydroxylation sites is 1. The van der Waals surface area contributed by atoms with Crippen molar-refractivity contribution >= 4 is 29.0 Å². The van der Waals surface area contributed by atoms with Gasteiger partial charge in [0.25, 0.3) is 0 Å². The van der Waals surface area contributed by atoms with Crippen molar-refractivity contribution < 1.29 is 14.4 Å². The average molecular weight is 300 g/mol. The number of Topliss-reactive ketones (excluding diaryl/α,β-unsaturated/α-hetero) is 2. The Bertz CT molecular complexity index is 630. The van der Waals surface area contributed by atoms with Crippen molar-refractivity contribution in [3.8, 4) is 0 Å². The smallest absolute Gasteiger partial charge is 0.340 e. The first-order valence-electron chi connectivity index (χ1n) is 7.12. The molecular weight excluding hydrogens is 284 g/mol. The monoisotopic (exact) mass is 300 g/mol. The number of hydrogen-bond donors (Lipinski definition) is 2. The van der Waals surface area contributed by atoms with Gasteiger partial charge in [-0.3, -0.25) is 9.59 Å². The SMILES string of the molecule is NC(=O)N(/N=C1\C(=O)C2CCNCC2C1=O)c1ccccc1. The average Bonchev–Trinajstić information content (AvgIpc) is 2.78. The Morgan fingerprint density at radius 1 is 1.18 bits per heavy atom. The lowest BCUT2D eigenvalue weighted by Crippen LogP contribution is -2.38. The molecule has 0 spiro atoms. The second-order valence-electron chi connectivity index (χ2n) is 5.37. The molecule has 114 valence electrons. The van der Waals surface area contributed by atoms with Crippen LogP contribution in [0.4, 0.5) is 10.5 Å². The maximum atomic E-state index is 12.4. The van der Waals surface area contributed by atoms with Crippen LogP contribution in [0.1, 0.15) is 6.42 Å². The molecule has 1 aliphatic heterocycles. The van der Waals surface area contributed by atoms with Crippen LogP contribution in [-0.4, -0.2) is 36.4 Å². The summed E-state index contributed by atoms with van der Waals surface area (Å²) < 4.78 is 0. The summed E-state index contributed by atoms with van der Waals surface area (Å²) in [4.78, 5) is 36.4. The zero-order valence-corrected chi connectivity index (χ0v) is 11.9. The van der Waals surface area contributed by atoms with Crippen LogP contribution in [0, 0.1) is 11.8 Å². The summed E-state index contributed by atoms with van der Waals surface area (Å²) in [5.74, 6) is -1.33. The maximum absolute atomic E-state index is 12.4. The quantitative estimate of drug-likeness (QED) is 0.767. The van der Waals surface area contributed by atoms with E-state index in [2.05, 4.69) is 10.4 Å². The Morgan fingerprint density at radius 3 is 2.50 bits per heavy atom. The fraction of sp³-hybridized carbons (Fsp3) is 0.333. The molecule has 3 N–H and O–H groups in total. The van der Waals surface area contributed by atoms with E-state index in [-0.39, 0.29) is 29.1 Å². The molecule has 7 heteroatoms. The van der Waals surface area contributed by atoms with Gasteiger partial charge in [-0.1, -0.05) is 18.2 Å². The van der Waals surface area contributed by atoms with Crippen LogP contribution in [0.5, 0.6) is 0 Å². The van der Waals surface area contributed by atoms with Gasteiger partial charge in [0, 0.05) is 18.4 Å². The highest BCUT2D eigenvalue weighted by atomic mass is 16.2. The largest absolute Gasteiger partial charge is 0.350 e. The van der Waals surface area contributed by atoms with Gasteiger partial charge in [0.1, 0.15) is 0 Å². The Kier molecular flexibility index (Phi) is 3.72. The topological polar surface area (TPSA) is 105 Å². The van der Waals surface area contributed by atoms with Crippen LogP contribution >= 0.6 is 0 Å². The molecule has 1 heterocycles. The predicted molar refractivity (Wildman–Crippen MR) is 80.4 cm³/mol. The molecule has 2 amide bonds. The number of fused-ring (bicyclic) bond motifs is 1. The lowest BCUT2D eigenvalue weighted by Gasteiger charge is -2.22. The number of amides is 2. The second-order valence-corrected chi connectivity index (χ2v) is 5.37. The van der Waals surface area contributed by atoms with Crippen LogP contribution in [0.25, 0.3) is 0 Å². The molecule has 2 atom stereocenters. The summed E-state index contributed by atoms with van der Waals surface area (Å²) in [6.07, 6.45) is 0.607. The van der Waals surface area contributed by atoms with Gasteiger partial charge in [-0.05, 0) is 25.1 Å². The summed E-state index contributed by atoms with van der Waals surface area (Å²) in [6.45, 7) is 1.17. The van der Waals surface area contributed by atoms with Gasteiger partial charge in [0.05, 0.1) is 5.69 Å². The lowest BCUT2D eigenvalue weighted by molar-refractivity contribution is -0.120. The van der Waals surface area contributed by atoms with Gasteiger partial charge in [-0.25, -0.2) is 4.79 Å². The number of nitrogens with one attached hydrogen (secondary N) is 1. The number of urea groups is 1. The molecule has 7 nitrogen and oxygen atoms in total. The number of benzene rings is 1. The Labute approximate surface area is 127 Å². The standard InChI is InChI=1S/C15H16N4O3/c16-15(22)19(9-4-2-1-3-5-9)18-12-13(20)10-6-7-17-8-11(10)14(12)21/h1-5,10-11,17H,6-8H2,(H2,16,22)/b18-12+. The molecule has 2 unspecified atom stereocenters. The number of carbonyl (C=O) groups is 3. The van der Waals surface area contributed by atoms with Gasteiger partial charge >= 0.3 is 6.03 Å². The summed E-state index contributed by atoms with van der Waals surface area (Å²) >= 11 is 0. The third-order valence-electron chi connectivity index (χ3n) is 4.03. The van der Waals surface area contributed by atoms with Crippen molar-refractivity contribution in [3.63, 3.8) is 0 Å². The number of nitrogens with zero attached hydrogens (tertiary/aromatic N) is 2. The number of rotatable bonds is 2. The van der Waals surface area contributed by atoms with Crippen LogP contribution in [-0.2, 0) is 9.59 Å². The number of anilines is 1. The minimum Gasteiger partial charge on any atom is -0.350 e. The molecule has 1 saturated heterocycles. The number of hydrazone groups is 1. The Morgan fingerprint density at radius 2 is 1.86 bits per heavy atom. The molecule has 3 rings (SSSR count). The minimum absolute atomic E-state index is 0.179. The van der Waals surface area contributed by atoms with E-state index in [0.29, 0.717) is 25.2 Å². The summed E-state index contributed by atoms with van der Waals surface area (Å²) in [7, 11) is 0. The highest BCUT2D eigenvalue weighted by Crippen LogP contribution is 2.29. The van der Waals surface area contributed by atoms with Crippen molar-refractivity contribution in [1.29, 1.82) is 0 Å². The second kappa shape index (κ2) is 5.69. The van der Waals surface area contributed by atoms with Gasteiger partial charge in [-0.15, -0.1) is 0 Å². The van der Waals surface area contributed by atoms with Crippen molar-refractivity contribution in [2.75, 3.05) is 18.1 Å². The summed E-state index contributed by atoms with van der Waals surface area (Å²) in [5, 5.41) is 7.98. The van der Waals surface area contributed by atoms with Crippen molar-refractivity contribution in [2.24, 2.45) is 22.7 Å². The first-order valence-corrected chi connectivity index (χ1v) is 7.12. The molecule has 1 aliphatic carbocycles. The van der Waals surface area contributed by atoms with Crippen molar-refractivity contribution in [2.45, 2.75) is 6.42 Å². The van der Waals surface area contributed by atoms with E-state index in [1.165, 1.54) is 0 Å². The minimum atomic E-state index is -0.840. The predicted octanol–water partition coefficient (Wildman–Crippen LogP) is 0.305. The normalized spacial score (nSPS) is 26.1. The Balaban J connectivity index is 1.97. The zero-order valence-electron chi connectivity index (χ0n) is 11.9. The zero-order chi connectivity index (χ0) is 15.7. The lowest BCUT2D eigenvalue weighted by atomic mass is 9.89. The fourth-order valence-electron chi connectivity index (χ4n) is 2.92. The van der Waals surface area contributed by atoms with E-state index in [1.807, 2.05) is 0 Å². The Hall–Kier alpha value is -2.54. The van der Waals surface area contributed by atoms with Crippen LogP contribution in [0.15, 0.2) is 35.4 Å². The van der Waals surface area contributed by atoms with E-state index in [0.717, 1.165) is 5.01 Å². The maximum Gasteiger partial charge on any atom is 0.340 e. The molecule has 2 aliphatic rings. The number of nitrogens with two attached hydrogens (primary N) is 1. The van der Waals surface area contributed by atoms with Crippen LogP contribution in [0.3, 0.4) is 0 Å². The first-order chi connectivity index (χ1) is 10.6. The van der Waals surface area contributed by atoms with E-state index < -0.39 is 6.03 Å². The third-order valence-corrected chi connectivity index (χ3v) is 4.03. The van der Waals surface area contributed by atoms with Gasteiger partial charge in [-0.2, -0.15) is 10.1 Å². The van der Waals surface area contributed by atoms with Crippen molar-refractivity contribution in [1.82, 2.24) is 5.32 Å². The molecule has 1 aromatic rings. The summed E-state index contributed by atoms with van der Waals surface area (Å²) in [5.41, 5.74) is 5.56. The number of hydrogen-bond acceptors (Lipinski definition) is 5. The number of carbonyl (C=O) groups excluding carboxylic acids is 3. The number of piperidine rings is 1. The first kappa shape index (κ1) is 14.4. The summed E-state index contributed by atoms with van der Waals surface area (Å²) in [6, 6.07) is 7.64. The highest BCUT2D eigenvalue weighted by Gasteiger charge is 2.48. The highest BCUT2D eigenvalue weighted by molar-refractivity contribution is 6.70. The van der Waals surface area contributed by atoms with E-state index in [4.69, 9.17) is 5.73 Å². The number of ketones is 2. The van der Waals surface area contributed by atoms with Crippen molar-refractivity contribution in [3.05, 3.63) is 30.3 Å². The molecule has 1 aromatic carbocycles. The van der Waals surface area contributed by atoms with Gasteiger partial charge in [0.15, 0.2) is 17.3 Å². The van der Waals surface area contributed by atoms with Crippen LogP contribution in [0.2, 0.25) is 0 Å². The molecular formula is C15H16N4O3. The fourth-order valence-corrected chi connectivity index (χ4v) is 2.92. The van der Waals surface area contributed by atoms with Gasteiger partial charge < -0.3 is 11.1 Å². The molecule has 0 radical (unpaired) electrons.